The quantitative estimate of drug-likeness (QED) is 0.154. The minimum Gasteiger partial charge on any atom is -0.390 e. The number of halogens is 1. The van der Waals surface area contributed by atoms with E-state index in [2.05, 4.69) is 52.6 Å². The predicted octanol–water partition coefficient (Wildman–Crippen LogP) is 7.40. The first kappa shape index (κ1) is 25.6. The van der Waals surface area contributed by atoms with E-state index in [0.717, 1.165) is 25.9 Å². The maximum Gasteiger partial charge on any atom is 0.409 e. The molecular weight excluding hydrogens is 366 g/mol. The molecule has 0 spiro atoms. The van der Waals surface area contributed by atoms with Gasteiger partial charge < -0.3 is 4.52 Å². The molecule has 1 atom stereocenters. The van der Waals surface area contributed by atoms with Crippen molar-refractivity contribution in [1.29, 1.82) is 0 Å². The normalized spacial score (nSPS) is 14.6. The number of hydrogen-bond donors (Lipinski definition) is 0. The van der Waals surface area contributed by atoms with Gasteiger partial charge in [0.05, 0.1) is 6.66 Å². The molecule has 0 aromatic heterocycles. The van der Waals surface area contributed by atoms with Gasteiger partial charge in [0.25, 0.3) is 0 Å². The van der Waals surface area contributed by atoms with Crippen LogP contribution in [0.15, 0.2) is 48.6 Å². The molecule has 0 amide bonds. The number of allylic oxidation sites excluding steroid dienone is 8. The molecule has 27 heavy (non-hydrogen) atoms. The van der Waals surface area contributed by atoms with Crippen LogP contribution >= 0.6 is 7.60 Å². The van der Waals surface area contributed by atoms with E-state index in [9.17, 15) is 13.9 Å². The van der Waals surface area contributed by atoms with Crippen molar-refractivity contribution >= 4 is 13.6 Å². The van der Waals surface area contributed by atoms with Crippen molar-refractivity contribution in [2.75, 3.05) is 6.66 Å². The lowest BCUT2D eigenvalue weighted by atomic mass is 10.2. The van der Waals surface area contributed by atoms with E-state index in [0.29, 0.717) is 12.8 Å². The summed E-state index contributed by atoms with van der Waals surface area (Å²) in [7, 11) is -3.87. The maximum atomic E-state index is 11.8. The van der Waals surface area contributed by atoms with Crippen LogP contribution in [0.3, 0.4) is 0 Å². The van der Waals surface area contributed by atoms with Crippen LogP contribution in [0.4, 0.5) is 4.53 Å². The van der Waals surface area contributed by atoms with Gasteiger partial charge in [0.2, 0.25) is 0 Å². The Morgan fingerprint density at radius 3 is 1.81 bits per heavy atom. The second kappa shape index (κ2) is 17.9. The Hall–Kier alpha value is -1.45. The molecule has 0 fully saturated rings. The molecule has 154 valence electrons. The van der Waals surface area contributed by atoms with Gasteiger partial charge in [0, 0.05) is 6.42 Å². The van der Waals surface area contributed by atoms with Crippen molar-refractivity contribution in [2.45, 2.75) is 71.1 Å². The number of carbonyl (C=O) groups excluding carboxylic acids is 1. The Kier molecular flexibility index (Phi) is 17.0. The zero-order valence-corrected chi connectivity index (χ0v) is 17.5. The van der Waals surface area contributed by atoms with Gasteiger partial charge in [-0.05, 0) is 49.5 Å². The molecule has 0 radical (unpaired) electrons. The van der Waals surface area contributed by atoms with E-state index in [4.69, 9.17) is 0 Å². The van der Waals surface area contributed by atoms with Crippen LogP contribution in [-0.2, 0) is 18.6 Å². The molecule has 0 aliphatic heterocycles. The standard InChI is InChI=1S/C21H34FO4P/c1-3-4-5-6-7-8-9-10-11-12-13-14-15-16-17-18-19-20-21(23)25-27(2,24)26-22/h7-8,10-11,13-14,16-17H,3-6,9,12,15,18-20H2,1-2H3/b8-7-,11-10-,14-13-,17-16-. The second-order valence-corrected chi connectivity index (χ2v) is 8.15. The lowest BCUT2D eigenvalue weighted by Crippen LogP contribution is -2.01. The van der Waals surface area contributed by atoms with Crippen LogP contribution in [-0.4, -0.2) is 12.6 Å². The first-order chi connectivity index (χ1) is 13.0. The molecule has 0 aliphatic carbocycles. The fraction of sp³-hybridized carbons (Fsp3) is 0.571. The Balaban J connectivity index is 3.59. The van der Waals surface area contributed by atoms with Crippen molar-refractivity contribution in [1.82, 2.24) is 0 Å². The molecule has 0 saturated carbocycles. The lowest BCUT2D eigenvalue weighted by Gasteiger charge is -2.07. The zero-order valence-electron chi connectivity index (χ0n) is 16.6. The molecule has 4 nitrogen and oxygen atoms in total. The van der Waals surface area contributed by atoms with Gasteiger partial charge in [-0.15, -0.1) is 0 Å². The van der Waals surface area contributed by atoms with Gasteiger partial charge in [-0.3, -0.25) is 4.79 Å². The van der Waals surface area contributed by atoms with Crippen molar-refractivity contribution in [3.8, 4) is 0 Å². The SMILES string of the molecule is CCCCC/C=C\C/C=C\C/C=C\C/C=C\CCCC(=O)OP(C)(=O)OF. The van der Waals surface area contributed by atoms with Gasteiger partial charge in [0.15, 0.2) is 0 Å². The highest BCUT2D eigenvalue weighted by Crippen LogP contribution is 2.44. The Morgan fingerprint density at radius 1 is 0.852 bits per heavy atom. The Morgan fingerprint density at radius 2 is 1.33 bits per heavy atom. The van der Waals surface area contributed by atoms with Crippen LogP contribution in [0.25, 0.3) is 0 Å². The minimum absolute atomic E-state index is 0.0826. The lowest BCUT2D eigenvalue weighted by molar-refractivity contribution is -0.137. The highest BCUT2D eigenvalue weighted by molar-refractivity contribution is 7.53. The van der Waals surface area contributed by atoms with E-state index in [-0.39, 0.29) is 6.42 Å². The fourth-order valence-electron chi connectivity index (χ4n) is 2.17. The molecule has 0 bridgehead atoms. The first-order valence-electron chi connectivity index (χ1n) is 9.72. The van der Waals surface area contributed by atoms with Crippen LogP contribution in [0.1, 0.15) is 71.1 Å². The topological polar surface area (TPSA) is 52.6 Å². The summed E-state index contributed by atoms with van der Waals surface area (Å²) in [6, 6.07) is 0. The summed E-state index contributed by atoms with van der Waals surface area (Å²) in [5, 5.41) is 0. The molecule has 0 heterocycles. The molecule has 0 rings (SSSR count). The summed E-state index contributed by atoms with van der Waals surface area (Å²) in [5.41, 5.74) is 0. The van der Waals surface area contributed by atoms with Crippen LogP contribution in [0, 0.1) is 0 Å². The van der Waals surface area contributed by atoms with E-state index < -0.39 is 13.6 Å². The summed E-state index contributed by atoms with van der Waals surface area (Å²) >= 11 is 0. The maximum absolute atomic E-state index is 11.8. The van der Waals surface area contributed by atoms with Gasteiger partial charge >= 0.3 is 13.6 Å². The third-order valence-corrected chi connectivity index (χ3v) is 4.39. The Bertz CT molecular complexity index is 538. The number of hydrogen-bond acceptors (Lipinski definition) is 4. The predicted molar refractivity (Wildman–Crippen MR) is 110 cm³/mol. The molecule has 0 aliphatic rings. The van der Waals surface area contributed by atoms with Gasteiger partial charge in [-0.25, -0.2) is 4.57 Å². The molecule has 0 aromatic carbocycles. The Labute approximate surface area is 163 Å². The van der Waals surface area contributed by atoms with Crippen molar-refractivity contribution in [3.63, 3.8) is 0 Å². The summed E-state index contributed by atoms with van der Waals surface area (Å²) in [6.45, 7) is 3.13. The van der Waals surface area contributed by atoms with E-state index in [1.54, 1.807) is 0 Å². The number of carbonyl (C=O) groups is 1. The molecule has 6 heteroatoms. The van der Waals surface area contributed by atoms with Crippen molar-refractivity contribution in [3.05, 3.63) is 48.6 Å². The molecule has 0 aromatic rings. The van der Waals surface area contributed by atoms with Gasteiger partial charge in [-0.2, -0.15) is 0 Å². The number of rotatable bonds is 16. The van der Waals surface area contributed by atoms with E-state index >= 15 is 0 Å². The highest BCUT2D eigenvalue weighted by atomic mass is 31.2. The number of unbranched alkanes of at least 4 members (excludes halogenated alkanes) is 4. The van der Waals surface area contributed by atoms with E-state index in [1.165, 1.54) is 25.7 Å². The third kappa shape index (κ3) is 19.1. The largest absolute Gasteiger partial charge is 0.409 e. The summed E-state index contributed by atoms with van der Waals surface area (Å²) in [6.07, 6.45) is 26.2. The van der Waals surface area contributed by atoms with Crippen LogP contribution in [0.2, 0.25) is 0 Å². The van der Waals surface area contributed by atoms with Crippen LogP contribution < -0.4 is 0 Å². The van der Waals surface area contributed by atoms with Gasteiger partial charge in [0.1, 0.15) is 0 Å². The summed E-state index contributed by atoms with van der Waals surface area (Å²) in [5.74, 6) is -0.714. The second-order valence-electron chi connectivity index (χ2n) is 6.28. The smallest absolute Gasteiger partial charge is 0.390 e. The molecule has 0 N–H and O–H groups in total. The average Bonchev–Trinajstić information content (AvgIpc) is 2.64. The molecular formula is C21H34FO4P. The van der Waals surface area contributed by atoms with Crippen molar-refractivity contribution < 1.29 is 23.1 Å². The summed E-state index contributed by atoms with van der Waals surface area (Å²) < 4.78 is 30.4. The van der Waals surface area contributed by atoms with Crippen LogP contribution in [0.5, 0.6) is 0 Å². The minimum atomic E-state index is -3.87. The zero-order chi connectivity index (χ0) is 20.2. The average molecular weight is 400 g/mol. The monoisotopic (exact) mass is 400 g/mol. The fourth-order valence-corrected chi connectivity index (χ4v) is 2.66. The molecule has 0 saturated heterocycles. The van der Waals surface area contributed by atoms with E-state index in [1.807, 2.05) is 12.2 Å². The molecule has 1 unspecified atom stereocenters. The summed E-state index contributed by atoms with van der Waals surface area (Å²) in [4.78, 5) is 11.3. The highest BCUT2D eigenvalue weighted by Gasteiger charge is 2.22. The first-order valence-corrected chi connectivity index (χ1v) is 11.7. The van der Waals surface area contributed by atoms with Crippen molar-refractivity contribution in [2.24, 2.45) is 0 Å². The third-order valence-electron chi connectivity index (χ3n) is 3.60. The van der Waals surface area contributed by atoms with Gasteiger partial charge in [-0.1, -0.05) is 73.1 Å².